The lowest BCUT2D eigenvalue weighted by molar-refractivity contribution is 0.104. The van der Waals surface area contributed by atoms with Crippen LogP contribution in [0.25, 0.3) is 0 Å². The topological polar surface area (TPSA) is 63.6 Å². The predicted octanol–water partition coefficient (Wildman–Crippen LogP) is 5.97. The van der Waals surface area contributed by atoms with Gasteiger partial charge in [-0.2, -0.15) is 12.8 Å². The molecule has 0 fully saturated rings. The van der Waals surface area contributed by atoms with Crippen LogP contribution < -0.4 is 0 Å². The molecule has 0 saturated heterocycles. The largest absolute Gasteiger partial charge is 0.288 e. The quantitative estimate of drug-likeness (QED) is 0.480. The van der Waals surface area contributed by atoms with Crippen LogP contribution in [0.5, 0.6) is 0 Å². The van der Waals surface area contributed by atoms with Crippen molar-refractivity contribution < 1.29 is 13.2 Å². The number of thioether (sulfide) groups is 1. The molecule has 0 atom stereocenters. The summed E-state index contributed by atoms with van der Waals surface area (Å²) in [5.41, 5.74) is 4.69. The SMILES string of the molecule is Cc1ccc(SC2=C/C(=N\S(=O)(=O)c3c(C)cc(C)cc3C)c3ccccc3C2=O)cc1. The van der Waals surface area contributed by atoms with E-state index in [0.717, 1.165) is 16.0 Å². The summed E-state index contributed by atoms with van der Waals surface area (Å²) in [6, 6.07) is 18.5. The lowest BCUT2D eigenvalue weighted by Crippen LogP contribution is -2.18. The second-order valence-electron chi connectivity index (χ2n) is 7.98. The first-order chi connectivity index (χ1) is 15.2. The molecule has 1 aliphatic carbocycles. The van der Waals surface area contributed by atoms with Gasteiger partial charge in [-0.1, -0.05) is 71.4 Å². The molecule has 0 heterocycles. The molecule has 0 saturated carbocycles. The van der Waals surface area contributed by atoms with Gasteiger partial charge in [-0.05, 0) is 57.0 Å². The Morgan fingerprint density at radius 2 is 1.38 bits per heavy atom. The van der Waals surface area contributed by atoms with Crippen LogP contribution in [0.15, 0.2) is 85.8 Å². The van der Waals surface area contributed by atoms with Gasteiger partial charge < -0.3 is 0 Å². The summed E-state index contributed by atoms with van der Waals surface area (Å²) < 4.78 is 30.9. The van der Waals surface area contributed by atoms with Crippen LogP contribution in [0, 0.1) is 27.7 Å². The van der Waals surface area contributed by atoms with Crippen molar-refractivity contribution in [2.24, 2.45) is 4.40 Å². The van der Waals surface area contributed by atoms with Gasteiger partial charge in [0.15, 0.2) is 5.78 Å². The van der Waals surface area contributed by atoms with Gasteiger partial charge in [0.25, 0.3) is 10.0 Å². The van der Waals surface area contributed by atoms with E-state index < -0.39 is 10.0 Å². The van der Waals surface area contributed by atoms with Gasteiger partial charge in [0.2, 0.25) is 0 Å². The lowest BCUT2D eigenvalue weighted by Gasteiger charge is -2.18. The van der Waals surface area contributed by atoms with Crippen LogP contribution in [-0.4, -0.2) is 19.9 Å². The average Bonchev–Trinajstić information content (AvgIpc) is 2.72. The summed E-state index contributed by atoms with van der Waals surface area (Å²) in [4.78, 5) is 14.7. The molecule has 1 aliphatic rings. The number of nitrogens with zero attached hydrogens (tertiary/aromatic N) is 1. The van der Waals surface area contributed by atoms with Gasteiger partial charge in [0.05, 0.1) is 15.5 Å². The van der Waals surface area contributed by atoms with E-state index in [4.69, 9.17) is 0 Å². The minimum Gasteiger partial charge on any atom is -0.288 e. The number of hydrogen-bond donors (Lipinski definition) is 0. The normalized spacial score (nSPS) is 14.9. The fourth-order valence-corrected chi connectivity index (χ4v) is 6.27. The number of allylic oxidation sites excluding steroid dienone is 2. The first-order valence-electron chi connectivity index (χ1n) is 10.2. The van der Waals surface area contributed by atoms with E-state index in [0.29, 0.717) is 27.2 Å². The standard InChI is InChI=1S/C26H23NO3S2/c1-16-9-11-20(12-10-16)31-24-15-23(21-7-5-6-8-22(21)25(24)28)27-32(29,30)26-18(3)13-17(2)14-19(26)4/h5-15H,1-4H3/b27-23+. The zero-order valence-electron chi connectivity index (χ0n) is 18.3. The van der Waals surface area contributed by atoms with Crippen molar-refractivity contribution in [3.05, 3.63) is 105 Å². The molecule has 3 aromatic rings. The lowest BCUT2D eigenvalue weighted by atomic mass is 9.94. The Bertz CT molecular complexity index is 1380. The number of Topliss-reactive ketones (excluding diaryl/α,β-unsaturated/α-hetero) is 1. The van der Waals surface area contributed by atoms with Gasteiger partial charge in [-0.15, -0.1) is 0 Å². The number of ketones is 1. The Morgan fingerprint density at radius 1 is 0.781 bits per heavy atom. The maximum Gasteiger partial charge on any atom is 0.283 e. The second-order valence-corrected chi connectivity index (χ2v) is 10.6. The third-order valence-electron chi connectivity index (χ3n) is 5.27. The third kappa shape index (κ3) is 4.33. The van der Waals surface area contributed by atoms with Gasteiger partial charge >= 0.3 is 0 Å². The molecule has 162 valence electrons. The van der Waals surface area contributed by atoms with Crippen LogP contribution >= 0.6 is 11.8 Å². The molecule has 32 heavy (non-hydrogen) atoms. The van der Waals surface area contributed by atoms with Crippen LogP contribution in [-0.2, 0) is 10.0 Å². The summed E-state index contributed by atoms with van der Waals surface area (Å²) >= 11 is 1.31. The van der Waals surface area contributed by atoms with E-state index in [1.165, 1.54) is 11.8 Å². The molecule has 4 rings (SSSR count). The van der Waals surface area contributed by atoms with Crippen LogP contribution in [0.4, 0.5) is 0 Å². The number of aryl methyl sites for hydroxylation is 4. The van der Waals surface area contributed by atoms with Gasteiger partial charge in [-0.3, -0.25) is 4.79 Å². The summed E-state index contributed by atoms with van der Waals surface area (Å²) in [5, 5.41) is 0. The van der Waals surface area contributed by atoms with Gasteiger partial charge in [0.1, 0.15) is 0 Å². The van der Waals surface area contributed by atoms with Crippen molar-refractivity contribution in [1.29, 1.82) is 0 Å². The van der Waals surface area contributed by atoms with Gasteiger partial charge in [-0.25, -0.2) is 0 Å². The van der Waals surface area contributed by atoms with Crippen LogP contribution in [0.3, 0.4) is 0 Å². The van der Waals surface area contributed by atoms with E-state index in [9.17, 15) is 13.2 Å². The first-order valence-corrected chi connectivity index (χ1v) is 12.4. The molecule has 4 nitrogen and oxygen atoms in total. The zero-order valence-corrected chi connectivity index (χ0v) is 20.0. The Kier molecular flexibility index (Phi) is 5.93. The highest BCUT2D eigenvalue weighted by atomic mass is 32.2. The highest BCUT2D eigenvalue weighted by molar-refractivity contribution is 8.04. The second kappa shape index (κ2) is 8.52. The van der Waals surface area contributed by atoms with E-state index in [1.807, 2.05) is 50.2 Å². The van der Waals surface area contributed by atoms with Crippen molar-refractivity contribution in [3.8, 4) is 0 Å². The molecule has 6 heteroatoms. The summed E-state index contributed by atoms with van der Waals surface area (Å²) in [7, 11) is -3.98. The Hall–Kier alpha value is -2.96. The molecule has 0 radical (unpaired) electrons. The van der Waals surface area contributed by atoms with E-state index >= 15 is 0 Å². The number of fused-ring (bicyclic) bond motifs is 1. The Labute approximate surface area is 193 Å². The number of rotatable bonds is 4. The molecule has 0 aliphatic heterocycles. The van der Waals surface area contributed by atoms with Crippen LogP contribution in [0.1, 0.15) is 38.2 Å². The smallest absolute Gasteiger partial charge is 0.283 e. The molecular weight excluding hydrogens is 438 g/mol. The molecular formula is C26H23NO3S2. The highest BCUT2D eigenvalue weighted by Gasteiger charge is 2.27. The van der Waals surface area contributed by atoms with Gasteiger partial charge in [0, 0.05) is 16.0 Å². The van der Waals surface area contributed by atoms with E-state index in [-0.39, 0.29) is 16.4 Å². The fraction of sp³-hybridized carbons (Fsp3) is 0.154. The summed E-state index contributed by atoms with van der Waals surface area (Å²) in [6.45, 7) is 7.49. The molecule has 0 unspecified atom stereocenters. The zero-order chi connectivity index (χ0) is 23.0. The van der Waals surface area contributed by atoms with Crippen molar-refractivity contribution in [1.82, 2.24) is 0 Å². The first kappa shape index (κ1) is 22.2. The molecule has 0 aromatic heterocycles. The summed E-state index contributed by atoms with van der Waals surface area (Å²) in [5.74, 6) is -0.134. The summed E-state index contributed by atoms with van der Waals surface area (Å²) in [6.07, 6.45) is 1.59. The minimum atomic E-state index is -3.98. The van der Waals surface area contributed by atoms with Crippen molar-refractivity contribution in [2.45, 2.75) is 37.5 Å². The number of benzene rings is 3. The highest BCUT2D eigenvalue weighted by Crippen LogP contribution is 2.34. The minimum absolute atomic E-state index is 0.134. The fourth-order valence-electron chi connectivity index (χ4n) is 3.94. The molecule has 3 aromatic carbocycles. The van der Waals surface area contributed by atoms with Crippen molar-refractivity contribution in [3.63, 3.8) is 0 Å². The van der Waals surface area contributed by atoms with Crippen molar-refractivity contribution >= 4 is 33.3 Å². The molecule has 0 amide bonds. The number of hydrogen-bond acceptors (Lipinski definition) is 4. The monoisotopic (exact) mass is 461 g/mol. The molecule has 0 N–H and O–H groups in total. The van der Waals surface area contributed by atoms with Crippen molar-refractivity contribution in [2.75, 3.05) is 0 Å². The van der Waals surface area contributed by atoms with E-state index in [1.54, 1.807) is 44.2 Å². The molecule has 0 spiro atoms. The Balaban J connectivity index is 1.85. The molecule has 0 bridgehead atoms. The van der Waals surface area contributed by atoms with Crippen LogP contribution in [0.2, 0.25) is 0 Å². The number of carbonyl (C=O) groups is 1. The maximum atomic E-state index is 13.3. The average molecular weight is 462 g/mol. The maximum absolute atomic E-state index is 13.3. The third-order valence-corrected chi connectivity index (χ3v) is 7.90. The Morgan fingerprint density at radius 3 is 2.00 bits per heavy atom. The predicted molar refractivity (Wildman–Crippen MR) is 130 cm³/mol. The number of carbonyl (C=O) groups excluding carboxylic acids is 1. The number of sulfonamides is 1. The van der Waals surface area contributed by atoms with E-state index in [2.05, 4.69) is 4.40 Å².